The van der Waals surface area contributed by atoms with Gasteiger partial charge in [0.1, 0.15) is 12.4 Å². The molecule has 0 aliphatic carbocycles. The molecule has 0 saturated carbocycles. The third kappa shape index (κ3) is 8.61. The Bertz CT molecular complexity index is 1540. The van der Waals surface area contributed by atoms with Gasteiger partial charge in [-0.25, -0.2) is 5.84 Å². The average Bonchev–Trinajstić information content (AvgIpc) is 3.70. The summed E-state index contributed by atoms with van der Waals surface area (Å²) in [6.07, 6.45) is 4.89. The number of allylic oxidation sites excluding steroid dienone is 1. The second kappa shape index (κ2) is 15.5. The molecule has 0 amide bonds. The lowest BCUT2D eigenvalue weighted by Crippen LogP contribution is -2.39. The zero-order valence-corrected chi connectivity index (χ0v) is 28.2. The second-order valence-corrected chi connectivity index (χ2v) is 13.2. The summed E-state index contributed by atoms with van der Waals surface area (Å²) in [5.41, 5.74) is 15.0. The zero-order chi connectivity index (χ0) is 32.6. The summed E-state index contributed by atoms with van der Waals surface area (Å²) in [6.45, 7) is 18.8. The molecule has 2 fully saturated rings. The first-order chi connectivity index (χ1) is 22.2. The summed E-state index contributed by atoms with van der Waals surface area (Å²) in [4.78, 5) is 4.70. The molecule has 5 rings (SSSR count). The van der Waals surface area contributed by atoms with E-state index in [0.29, 0.717) is 5.70 Å². The van der Waals surface area contributed by atoms with Gasteiger partial charge < -0.3 is 30.6 Å². The Hall–Kier alpha value is -4.03. The number of likely N-dealkylation sites (tertiary alicyclic amines) is 2. The maximum absolute atomic E-state index is 6.58. The van der Waals surface area contributed by atoms with Crippen LogP contribution in [0.3, 0.4) is 0 Å². The van der Waals surface area contributed by atoms with E-state index in [2.05, 4.69) is 112 Å². The summed E-state index contributed by atoms with van der Waals surface area (Å²) >= 11 is 0. The number of hydrogen-bond donors (Lipinski definition) is 3. The van der Waals surface area contributed by atoms with Crippen molar-refractivity contribution in [3.8, 4) is 5.75 Å². The third-order valence-electron chi connectivity index (χ3n) is 8.92. The predicted molar refractivity (Wildman–Crippen MR) is 194 cm³/mol. The molecule has 3 aromatic carbocycles. The van der Waals surface area contributed by atoms with Crippen LogP contribution in [0, 0.1) is 0 Å². The Morgan fingerprint density at radius 2 is 1.83 bits per heavy atom. The molecule has 5 N–H and O–H groups in total. The van der Waals surface area contributed by atoms with Crippen molar-refractivity contribution in [3.05, 3.63) is 144 Å². The molecule has 0 aromatic heterocycles. The number of nitrogens with two attached hydrogens (primary N) is 2. The highest BCUT2D eigenvalue weighted by Gasteiger charge is 2.35. The van der Waals surface area contributed by atoms with E-state index in [4.69, 9.17) is 16.3 Å². The lowest BCUT2D eigenvalue weighted by Gasteiger charge is -2.29. The fourth-order valence-corrected chi connectivity index (χ4v) is 6.57. The molecular formula is C38H49N6OP. The molecule has 2 aliphatic heterocycles. The van der Waals surface area contributed by atoms with Gasteiger partial charge in [-0.2, -0.15) is 0 Å². The molecule has 242 valence electrons. The Morgan fingerprint density at radius 3 is 2.52 bits per heavy atom. The van der Waals surface area contributed by atoms with Crippen LogP contribution in [0.5, 0.6) is 5.75 Å². The number of hydrazine groups is 1. The van der Waals surface area contributed by atoms with Gasteiger partial charge >= 0.3 is 0 Å². The summed E-state index contributed by atoms with van der Waals surface area (Å²) in [5.74, 6) is 7.47. The number of benzene rings is 3. The highest BCUT2D eigenvalue weighted by molar-refractivity contribution is 7.17. The van der Waals surface area contributed by atoms with Crippen molar-refractivity contribution in [3.63, 3.8) is 0 Å². The van der Waals surface area contributed by atoms with E-state index in [1.165, 1.54) is 23.2 Å². The van der Waals surface area contributed by atoms with Crippen molar-refractivity contribution in [1.82, 2.24) is 20.1 Å². The molecule has 4 unspecified atom stereocenters. The molecule has 2 aliphatic rings. The molecule has 2 heterocycles. The van der Waals surface area contributed by atoms with Gasteiger partial charge in [-0.15, -0.1) is 9.24 Å². The first-order valence-corrected chi connectivity index (χ1v) is 16.7. The van der Waals surface area contributed by atoms with Crippen molar-refractivity contribution in [2.24, 2.45) is 11.6 Å². The van der Waals surface area contributed by atoms with Crippen molar-refractivity contribution < 1.29 is 4.74 Å². The lowest BCUT2D eigenvalue weighted by atomic mass is 10.0. The summed E-state index contributed by atoms with van der Waals surface area (Å²) in [6, 6.07) is 27.3. The summed E-state index contributed by atoms with van der Waals surface area (Å²) in [7, 11) is 2.86. The van der Waals surface area contributed by atoms with E-state index < -0.39 is 0 Å². The van der Waals surface area contributed by atoms with Gasteiger partial charge in [-0.3, -0.25) is 0 Å². The minimum atomic E-state index is 0.0507. The van der Waals surface area contributed by atoms with Crippen LogP contribution in [0.2, 0.25) is 0 Å². The van der Waals surface area contributed by atoms with Gasteiger partial charge in [0.2, 0.25) is 0 Å². The third-order valence-corrected chi connectivity index (χ3v) is 9.54. The molecule has 7 nitrogen and oxygen atoms in total. The van der Waals surface area contributed by atoms with Gasteiger partial charge in [-0.1, -0.05) is 86.0 Å². The van der Waals surface area contributed by atoms with E-state index in [1.54, 1.807) is 11.2 Å². The molecule has 0 spiro atoms. The Kier molecular flexibility index (Phi) is 11.2. The quantitative estimate of drug-likeness (QED) is 0.0806. The van der Waals surface area contributed by atoms with Crippen molar-refractivity contribution in [2.45, 2.75) is 57.1 Å². The van der Waals surface area contributed by atoms with E-state index >= 15 is 0 Å². The van der Waals surface area contributed by atoms with Crippen molar-refractivity contribution in [2.75, 3.05) is 19.7 Å². The highest BCUT2D eigenvalue weighted by atomic mass is 31.0. The topological polar surface area (TPSA) is 83.0 Å². The molecule has 0 radical (unpaired) electrons. The van der Waals surface area contributed by atoms with E-state index in [-0.39, 0.29) is 24.5 Å². The van der Waals surface area contributed by atoms with Crippen LogP contribution in [0.15, 0.2) is 122 Å². The second-order valence-electron chi connectivity index (χ2n) is 12.5. The fraction of sp³-hybridized carbons (Fsp3) is 0.316. The van der Waals surface area contributed by atoms with Crippen LogP contribution >= 0.6 is 9.24 Å². The predicted octanol–water partition coefficient (Wildman–Crippen LogP) is 6.50. The fourth-order valence-electron chi connectivity index (χ4n) is 6.23. The minimum absolute atomic E-state index is 0.0507. The summed E-state index contributed by atoms with van der Waals surface area (Å²) in [5, 5.41) is 5.25. The molecule has 3 aromatic rings. The van der Waals surface area contributed by atoms with E-state index in [1.807, 2.05) is 18.2 Å². The van der Waals surface area contributed by atoms with Crippen molar-refractivity contribution >= 4 is 14.9 Å². The number of ether oxygens (including phenoxy) is 1. The number of rotatable bonds is 14. The molecule has 0 bridgehead atoms. The largest absolute Gasteiger partial charge is 0.487 e. The Balaban J connectivity index is 1.14. The number of hydrogen-bond acceptors (Lipinski definition) is 7. The molecule has 4 atom stereocenters. The lowest BCUT2D eigenvalue weighted by molar-refractivity contribution is 0.280. The highest BCUT2D eigenvalue weighted by Crippen LogP contribution is 2.33. The number of nitrogens with one attached hydrogen (secondary N) is 1. The van der Waals surface area contributed by atoms with Gasteiger partial charge in [-0.05, 0) is 66.6 Å². The first-order valence-electron chi connectivity index (χ1n) is 16.1. The SMILES string of the molecule is C=C(C)C1CC(N(N)/C=C(\N)COc2ccc(C(P)NCc3ccccc3)cc2)CN1C(=C)c1cccc(CN2CCCC2=C)c1. The molecule has 2 saturated heterocycles. The first kappa shape index (κ1) is 33.3. The van der Waals surface area contributed by atoms with Crippen LogP contribution in [0.1, 0.15) is 54.2 Å². The van der Waals surface area contributed by atoms with Gasteiger partial charge in [0.25, 0.3) is 0 Å². The molecule has 8 heteroatoms. The van der Waals surface area contributed by atoms with Gasteiger partial charge in [0, 0.05) is 49.6 Å². The number of nitrogens with zero attached hydrogens (tertiary/aromatic N) is 3. The maximum atomic E-state index is 6.58. The van der Waals surface area contributed by atoms with Crippen LogP contribution in [0.4, 0.5) is 0 Å². The maximum Gasteiger partial charge on any atom is 0.129 e. The normalized spacial score (nSPS) is 18.9. The average molecular weight is 637 g/mol. The Morgan fingerprint density at radius 1 is 1.09 bits per heavy atom. The van der Waals surface area contributed by atoms with Gasteiger partial charge in [0.15, 0.2) is 0 Å². The van der Waals surface area contributed by atoms with Crippen LogP contribution in [0.25, 0.3) is 5.70 Å². The smallest absolute Gasteiger partial charge is 0.129 e. The zero-order valence-electron chi connectivity index (χ0n) is 27.1. The van der Waals surface area contributed by atoms with Crippen LogP contribution < -0.4 is 21.6 Å². The van der Waals surface area contributed by atoms with Gasteiger partial charge in [0.05, 0.1) is 17.8 Å². The molecule has 46 heavy (non-hydrogen) atoms. The van der Waals surface area contributed by atoms with E-state index in [0.717, 1.165) is 67.2 Å². The monoisotopic (exact) mass is 636 g/mol. The minimum Gasteiger partial charge on any atom is -0.487 e. The molecular weight excluding hydrogens is 587 g/mol. The van der Waals surface area contributed by atoms with Crippen LogP contribution in [-0.4, -0.2) is 46.6 Å². The summed E-state index contributed by atoms with van der Waals surface area (Å²) < 4.78 is 5.99. The van der Waals surface area contributed by atoms with Crippen LogP contribution in [-0.2, 0) is 13.1 Å². The standard InChI is InChI=1S/C38H49N6OP/c1-27(2)37-21-35(25-43(37)29(4)33-14-8-13-31(20-33)23-42-19-9-10-28(42)3)44(40)24-34(39)26-45-36-17-15-32(16-18-36)38(46)41-22-30-11-6-5-7-12-30/h5-8,11-18,20,24,35,37-38,41H,1,3-4,9-10,19,21-23,25-26,39-40,46H2,2H3/b34-24-. The van der Waals surface area contributed by atoms with E-state index in [9.17, 15) is 0 Å². The van der Waals surface area contributed by atoms with Crippen molar-refractivity contribution in [1.29, 1.82) is 0 Å². The Labute approximate surface area is 277 Å².